The van der Waals surface area contributed by atoms with Crippen molar-refractivity contribution in [2.24, 2.45) is 5.92 Å². The predicted octanol–water partition coefficient (Wildman–Crippen LogP) is 2.65. The highest BCUT2D eigenvalue weighted by Crippen LogP contribution is 2.48. The van der Waals surface area contributed by atoms with E-state index in [0.29, 0.717) is 0 Å². The first-order valence-corrected chi connectivity index (χ1v) is 5.49. The van der Waals surface area contributed by atoms with Gasteiger partial charge in [0.25, 0.3) is 0 Å². The molecule has 1 aliphatic carbocycles. The highest BCUT2D eigenvalue weighted by molar-refractivity contribution is 9.10. The fourth-order valence-electron chi connectivity index (χ4n) is 1.74. The summed E-state index contributed by atoms with van der Waals surface area (Å²) >= 11 is 3.36. The molecule has 0 radical (unpaired) electrons. The highest BCUT2D eigenvalue weighted by Gasteiger charge is 2.44. The standard InChI is InChI=1S/C11H11BrO3/c1-15-10-4-6(2-3-9(10)12)7-5-8(7)11(13)14/h2-4,7-8H,5H2,1H3,(H,13,14). The molecule has 1 fully saturated rings. The van der Waals surface area contributed by atoms with Crippen LogP contribution in [0.2, 0.25) is 0 Å². The fourth-order valence-corrected chi connectivity index (χ4v) is 2.15. The molecule has 3 nitrogen and oxygen atoms in total. The first-order valence-electron chi connectivity index (χ1n) is 4.69. The van der Waals surface area contributed by atoms with E-state index in [9.17, 15) is 4.79 Å². The van der Waals surface area contributed by atoms with E-state index in [1.54, 1.807) is 7.11 Å². The van der Waals surface area contributed by atoms with Gasteiger partial charge in [-0.2, -0.15) is 0 Å². The number of methoxy groups -OCH3 is 1. The topological polar surface area (TPSA) is 46.5 Å². The smallest absolute Gasteiger partial charge is 0.307 e. The quantitative estimate of drug-likeness (QED) is 0.919. The molecule has 0 aliphatic heterocycles. The van der Waals surface area contributed by atoms with Gasteiger partial charge in [0.15, 0.2) is 0 Å². The van der Waals surface area contributed by atoms with Crippen LogP contribution in [0.4, 0.5) is 0 Å². The third-order valence-electron chi connectivity index (χ3n) is 2.71. The van der Waals surface area contributed by atoms with Gasteiger partial charge in [-0.3, -0.25) is 4.79 Å². The predicted molar refractivity (Wildman–Crippen MR) is 59.2 cm³/mol. The lowest BCUT2D eigenvalue weighted by molar-refractivity contribution is -0.138. The summed E-state index contributed by atoms with van der Waals surface area (Å²) in [6, 6.07) is 5.74. The number of hydrogen-bond donors (Lipinski definition) is 1. The van der Waals surface area contributed by atoms with Crippen molar-refractivity contribution in [2.45, 2.75) is 12.3 Å². The van der Waals surface area contributed by atoms with Crippen molar-refractivity contribution >= 4 is 21.9 Å². The summed E-state index contributed by atoms with van der Waals surface area (Å²) in [5.41, 5.74) is 1.04. The van der Waals surface area contributed by atoms with Crippen molar-refractivity contribution in [3.05, 3.63) is 28.2 Å². The second-order valence-electron chi connectivity index (χ2n) is 3.68. The second-order valence-corrected chi connectivity index (χ2v) is 4.54. The van der Waals surface area contributed by atoms with Crippen LogP contribution in [-0.2, 0) is 4.79 Å². The molecule has 2 unspecified atom stereocenters. The summed E-state index contributed by atoms with van der Waals surface area (Å²) < 4.78 is 6.06. The van der Waals surface area contributed by atoms with E-state index in [1.165, 1.54) is 0 Å². The molecule has 0 aromatic heterocycles. The Kier molecular flexibility index (Phi) is 2.69. The van der Waals surface area contributed by atoms with E-state index >= 15 is 0 Å². The minimum atomic E-state index is -0.707. The maximum atomic E-state index is 10.7. The van der Waals surface area contributed by atoms with Crippen LogP contribution in [0, 0.1) is 5.92 Å². The maximum Gasteiger partial charge on any atom is 0.307 e. The van der Waals surface area contributed by atoms with Crippen LogP contribution in [0.15, 0.2) is 22.7 Å². The van der Waals surface area contributed by atoms with Gasteiger partial charge in [-0.15, -0.1) is 0 Å². The summed E-state index contributed by atoms with van der Waals surface area (Å²) in [6.45, 7) is 0. The molecule has 1 aromatic carbocycles. The van der Waals surface area contributed by atoms with Gasteiger partial charge in [-0.05, 0) is 46.0 Å². The largest absolute Gasteiger partial charge is 0.496 e. The van der Waals surface area contributed by atoms with Gasteiger partial charge in [0.1, 0.15) is 5.75 Å². The molecular formula is C11H11BrO3. The molecule has 2 atom stereocenters. The number of hydrogen-bond acceptors (Lipinski definition) is 2. The van der Waals surface area contributed by atoms with Crippen LogP contribution in [0.3, 0.4) is 0 Å². The molecule has 0 bridgehead atoms. The molecule has 2 rings (SSSR count). The zero-order chi connectivity index (χ0) is 11.0. The lowest BCUT2D eigenvalue weighted by Crippen LogP contribution is -1.99. The number of ether oxygens (including phenoxy) is 1. The molecule has 0 heterocycles. The normalized spacial score (nSPS) is 23.6. The first kappa shape index (κ1) is 10.5. The maximum absolute atomic E-state index is 10.7. The van der Waals surface area contributed by atoms with E-state index in [2.05, 4.69) is 15.9 Å². The van der Waals surface area contributed by atoms with Crippen molar-refractivity contribution in [1.82, 2.24) is 0 Å². The summed E-state index contributed by atoms with van der Waals surface area (Å²) in [5, 5.41) is 8.83. The summed E-state index contributed by atoms with van der Waals surface area (Å²) in [4.78, 5) is 10.7. The van der Waals surface area contributed by atoms with E-state index in [0.717, 1.165) is 22.2 Å². The van der Waals surface area contributed by atoms with Crippen LogP contribution in [0.25, 0.3) is 0 Å². The average Bonchev–Trinajstić information content (AvgIpc) is 2.98. The fraction of sp³-hybridized carbons (Fsp3) is 0.364. The van der Waals surface area contributed by atoms with Gasteiger partial charge >= 0.3 is 5.97 Å². The zero-order valence-corrected chi connectivity index (χ0v) is 9.82. The Hall–Kier alpha value is -1.03. The number of benzene rings is 1. The van der Waals surface area contributed by atoms with Gasteiger partial charge in [-0.1, -0.05) is 6.07 Å². The van der Waals surface area contributed by atoms with Gasteiger partial charge in [0.2, 0.25) is 0 Å². The lowest BCUT2D eigenvalue weighted by atomic mass is 10.1. The first-order chi connectivity index (χ1) is 7.13. The van der Waals surface area contributed by atoms with Crippen LogP contribution in [-0.4, -0.2) is 18.2 Å². The van der Waals surface area contributed by atoms with Crippen LogP contribution in [0.1, 0.15) is 17.9 Å². The van der Waals surface area contributed by atoms with Gasteiger partial charge in [-0.25, -0.2) is 0 Å². The van der Waals surface area contributed by atoms with Crippen molar-refractivity contribution < 1.29 is 14.6 Å². The molecule has 4 heteroatoms. The van der Waals surface area contributed by atoms with E-state index in [4.69, 9.17) is 9.84 Å². The van der Waals surface area contributed by atoms with Gasteiger partial charge < -0.3 is 9.84 Å². The van der Waals surface area contributed by atoms with Crippen molar-refractivity contribution in [3.8, 4) is 5.75 Å². The number of rotatable bonds is 3. The van der Waals surface area contributed by atoms with Crippen molar-refractivity contribution in [1.29, 1.82) is 0 Å². The lowest BCUT2D eigenvalue weighted by Gasteiger charge is -2.05. The number of carbonyl (C=O) groups is 1. The Morgan fingerprint density at radius 2 is 2.33 bits per heavy atom. The molecule has 0 amide bonds. The third-order valence-corrected chi connectivity index (χ3v) is 3.37. The Morgan fingerprint density at radius 1 is 1.60 bits per heavy atom. The number of halogens is 1. The molecular weight excluding hydrogens is 260 g/mol. The summed E-state index contributed by atoms with van der Waals surface area (Å²) in [6.07, 6.45) is 0.736. The Labute approximate surface area is 96.2 Å². The van der Waals surface area contributed by atoms with Crippen molar-refractivity contribution in [3.63, 3.8) is 0 Å². The van der Waals surface area contributed by atoms with Crippen molar-refractivity contribution in [2.75, 3.05) is 7.11 Å². The monoisotopic (exact) mass is 270 g/mol. The van der Waals surface area contributed by atoms with E-state index in [1.807, 2.05) is 18.2 Å². The zero-order valence-electron chi connectivity index (χ0n) is 8.24. The molecule has 80 valence electrons. The van der Waals surface area contributed by atoms with E-state index in [-0.39, 0.29) is 11.8 Å². The van der Waals surface area contributed by atoms with Crippen LogP contribution < -0.4 is 4.74 Å². The summed E-state index contributed by atoms with van der Waals surface area (Å²) in [5.74, 6) is -0.00851. The van der Waals surface area contributed by atoms with Crippen LogP contribution in [0.5, 0.6) is 5.75 Å². The molecule has 1 saturated carbocycles. The average molecular weight is 271 g/mol. The highest BCUT2D eigenvalue weighted by atomic mass is 79.9. The third kappa shape index (κ3) is 2.00. The molecule has 15 heavy (non-hydrogen) atoms. The molecule has 1 aliphatic rings. The Bertz CT molecular complexity index is 403. The molecule has 1 aromatic rings. The number of carboxylic acids is 1. The Balaban J connectivity index is 2.21. The van der Waals surface area contributed by atoms with E-state index < -0.39 is 5.97 Å². The van der Waals surface area contributed by atoms with Crippen LogP contribution >= 0.6 is 15.9 Å². The molecule has 1 N–H and O–H groups in total. The molecule has 0 spiro atoms. The minimum Gasteiger partial charge on any atom is -0.496 e. The Morgan fingerprint density at radius 3 is 2.87 bits per heavy atom. The number of carboxylic acid groups (broad SMARTS) is 1. The molecule has 0 saturated heterocycles. The minimum absolute atomic E-state index is 0.157. The van der Waals surface area contributed by atoms with Gasteiger partial charge in [0, 0.05) is 0 Å². The SMILES string of the molecule is COc1cc(C2CC2C(=O)O)ccc1Br. The summed E-state index contributed by atoms with van der Waals surface area (Å²) in [7, 11) is 1.60. The van der Waals surface area contributed by atoms with Gasteiger partial charge in [0.05, 0.1) is 17.5 Å². The number of aliphatic carboxylic acids is 1. The second kappa shape index (κ2) is 3.85.